The van der Waals surface area contributed by atoms with Crippen molar-refractivity contribution in [3.8, 4) is 5.75 Å². The van der Waals surface area contributed by atoms with Gasteiger partial charge in [-0.15, -0.1) is 0 Å². The van der Waals surface area contributed by atoms with Crippen molar-refractivity contribution >= 4 is 5.91 Å². The lowest BCUT2D eigenvalue weighted by atomic mass is 9.85. The van der Waals surface area contributed by atoms with E-state index < -0.39 is 0 Å². The molecular weight excluding hydrogens is 264 g/mol. The van der Waals surface area contributed by atoms with Crippen molar-refractivity contribution in [1.29, 1.82) is 0 Å². The topological polar surface area (TPSA) is 64.3 Å². The van der Waals surface area contributed by atoms with Crippen molar-refractivity contribution in [1.82, 2.24) is 5.32 Å². The highest BCUT2D eigenvalue weighted by molar-refractivity contribution is 5.78. The Morgan fingerprint density at radius 1 is 1.38 bits per heavy atom. The second-order valence-electron chi connectivity index (χ2n) is 6.12. The number of para-hydroxylation sites is 1. The first-order valence-corrected chi connectivity index (χ1v) is 7.84. The summed E-state index contributed by atoms with van der Waals surface area (Å²) >= 11 is 0. The molecule has 0 bridgehead atoms. The number of carbonyl (C=O) groups is 1. The Bertz CT molecular complexity index is 474. The Labute approximate surface area is 127 Å². The van der Waals surface area contributed by atoms with E-state index in [0.29, 0.717) is 6.54 Å². The second kappa shape index (κ2) is 7.46. The number of hydrogen-bond donors (Lipinski definition) is 2. The number of amides is 1. The van der Waals surface area contributed by atoms with Crippen LogP contribution < -0.4 is 15.8 Å². The molecule has 2 atom stereocenters. The van der Waals surface area contributed by atoms with Gasteiger partial charge in [0.2, 0.25) is 5.91 Å². The molecule has 116 valence electrons. The normalized spacial score (nSPS) is 22.1. The quantitative estimate of drug-likeness (QED) is 0.876. The molecule has 0 aliphatic heterocycles. The molecule has 1 aromatic carbocycles. The van der Waals surface area contributed by atoms with Gasteiger partial charge in [0.05, 0.1) is 6.10 Å². The van der Waals surface area contributed by atoms with E-state index in [0.717, 1.165) is 37.0 Å². The van der Waals surface area contributed by atoms with Crippen LogP contribution in [0.3, 0.4) is 0 Å². The molecule has 1 aliphatic rings. The summed E-state index contributed by atoms with van der Waals surface area (Å²) in [5, 5.41) is 3.03. The molecule has 0 saturated heterocycles. The van der Waals surface area contributed by atoms with Gasteiger partial charge in [-0.2, -0.15) is 0 Å². The van der Waals surface area contributed by atoms with E-state index in [4.69, 9.17) is 10.5 Å². The SMILES string of the molecule is CC(C)Oc1ccccc1CNC(=O)C1CCCC(N)C1. The number of carbonyl (C=O) groups excluding carboxylic acids is 1. The zero-order valence-electron chi connectivity index (χ0n) is 13.0. The highest BCUT2D eigenvalue weighted by atomic mass is 16.5. The van der Waals surface area contributed by atoms with Crippen LogP contribution in [0.4, 0.5) is 0 Å². The first-order valence-electron chi connectivity index (χ1n) is 7.84. The molecule has 0 radical (unpaired) electrons. The van der Waals surface area contributed by atoms with Crippen molar-refractivity contribution in [2.24, 2.45) is 11.7 Å². The fourth-order valence-electron chi connectivity index (χ4n) is 2.81. The Balaban J connectivity index is 1.91. The minimum absolute atomic E-state index is 0.0620. The molecule has 0 heterocycles. The standard InChI is InChI=1S/C17H26N2O2/c1-12(2)21-16-9-4-3-6-14(16)11-19-17(20)13-7-5-8-15(18)10-13/h3-4,6,9,12-13,15H,5,7-8,10-11,18H2,1-2H3,(H,19,20). The van der Waals surface area contributed by atoms with Gasteiger partial charge in [0, 0.05) is 24.1 Å². The molecular formula is C17H26N2O2. The molecule has 1 aliphatic carbocycles. The summed E-state index contributed by atoms with van der Waals surface area (Å²) in [7, 11) is 0. The average Bonchev–Trinajstić information content (AvgIpc) is 2.45. The van der Waals surface area contributed by atoms with Gasteiger partial charge < -0.3 is 15.8 Å². The third-order valence-electron chi connectivity index (χ3n) is 3.87. The van der Waals surface area contributed by atoms with E-state index in [2.05, 4.69) is 5.32 Å². The van der Waals surface area contributed by atoms with Gasteiger partial charge in [-0.05, 0) is 39.2 Å². The van der Waals surface area contributed by atoms with Crippen LogP contribution in [0.15, 0.2) is 24.3 Å². The molecule has 1 amide bonds. The Hall–Kier alpha value is -1.55. The molecule has 0 spiro atoms. The minimum Gasteiger partial charge on any atom is -0.491 e. The summed E-state index contributed by atoms with van der Waals surface area (Å²) in [5.74, 6) is 1.02. The van der Waals surface area contributed by atoms with Crippen LogP contribution in [0.25, 0.3) is 0 Å². The Kier molecular flexibility index (Phi) is 5.62. The summed E-state index contributed by atoms with van der Waals surface area (Å²) in [5.41, 5.74) is 6.96. The zero-order chi connectivity index (χ0) is 15.2. The van der Waals surface area contributed by atoms with Gasteiger partial charge in [-0.1, -0.05) is 24.6 Å². The summed E-state index contributed by atoms with van der Waals surface area (Å²) in [4.78, 5) is 12.2. The molecule has 3 N–H and O–H groups in total. The van der Waals surface area contributed by atoms with Crippen LogP contribution in [0.2, 0.25) is 0 Å². The molecule has 2 rings (SSSR count). The van der Waals surface area contributed by atoms with Crippen LogP contribution in [-0.4, -0.2) is 18.1 Å². The van der Waals surface area contributed by atoms with Crippen LogP contribution in [0, 0.1) is 5.92 Å². The van der Waals surface area contributed by atoms with E-state index in [1.54, 1.807) is 0 Å². The van der Waals surface area contributed by atoms with E-state index in [9.17, 15) is 4.79 Å². The zero-order valence-corrected chi connectivity index (χ0v) is 13.0. The fraction of sp³-hybridized carbons (Fsp3) is 0.588. The first-order chi connectivity index (χ1) is 10.1. The van der Waals surface area contributed by atoms with E-state index in [1.807, 2.05) is 38.1 Å². The second-order valence-corrected chi connectivity index (χ2v) is 6.12. The van der Waals surface area contributed by atoms with E-state index in [-0.39, 0.29) is 24.0 Å². The number of rotatable bonds is 5. The monoisotopic (exact) mass is 290 g/mol. The smallest absolute Gasteiger partial charge is 0.223 e. The maximum absolute atomic E-state index is 12.2. The van der Waals surface area contributed by atoms with Crippen LogP contribution >= 0.6 is 0 Å². The summed E-state index contributed by atoms with van der Waals surface area (Å²) in [6.45, 7) is 4.50. The molecule has 0 aromatic heterocycles. The van der Waals surface area contributed by atoms with Crippen molar-refractivity contribution in [3.05, 3.63) is 29.8 Å². The van der Waals surface area contributed by atoms with Gasteiger partial charge in [-0.25, -0.2) is 0 Å². The molecule has 4 heteroatoms. The van der Waals surface area contributed by atoms with E-state index >= 15 is 0 Å². The van der Waals surface area contributed by atoms with Crippen molar-refractivity contribution < 1.29 is 9.53 Å². The maximum Gasteiger partial charge on any atom is 0.223 e. The van der Waals surface area contributed by atoms with Gasteiger partial charge in [0.25, 0.3) is 0 Å². The minimum atomic E-state index is 0.0620. The van der Waals surface area contributed by atoms with Gasteiger partial charge in [0.1, 0.15) is 5.75 Å². The van der Waals surface area contributed by atoms with Crippen molar-refractivity contribution in [3.63, 3.8) is 0 Å². The number of hydrogen-bond acceptors (Lipinski definition) is 3. The largest absolute Gasteiger partial charge is 0.491 e. The summed E-state index contributed by atoms with van der Waals surface area (Å²) in [6, 6.07) is 8.02. The molecule has 1 fully saturated rings. The number of benzene rings is 1. The highest BCUT2D eigenvalue weighted by Crippen LogP contribution is 2.24. The third kappa shape index (κ3) is 4.74. The van der Waals surface area contributed by atoms with Gasteiger partial charge in [0.15, 0.2) is 0 Å². The maximum atomic E-state index is 12.2. The lowest BCUT2D eigenvalue weighted by Gasteiger charge is -2.25. The molecule has 1 saturated carbocycles. The first kappa shape index (κ1) is 15.8. The summed E-state index contributed by atoms with van der Waals surface area (Å²) in [6.07, 6.45) is 3.96. The average molecular weight is 290 g/mol. The number of nitrogens with one attached hydrogen (secondary N) is 1. The predicted octanol–water partition coefficient (Wildman–Crippen LogP) is 2.61. The Morgan fingerprint density at radius 3 is 2.86 bits per heavy atom. The van der Waals surface area contributed by atoms with Crippen molar-refractivity contribution in [2.45, 2.75) is 58.2 Å². The molecule has 21 heavy (non-hydrogen) atoms. The predicted molar refractivity (Wildman–Crippen MR) is 84.0 cm³/mol. The number of ether oxygens (including phenoxy) is 1. The van der Waals surface area contributed by atoms with Crippen molar-refractivity contribution in [2.75, 3.05) is 0 Å². The lowest BCUT2D eigenvalue weighted by molar-refractivity contribution is -0.126. The van der Waals surface area contributed by atoms with E-state index in [1.165, 1.54) is 0 Å². The van der Waals surface area contributed by atoms with Crippen LogP contribution in [0.1, 0.15) is 45.1 Å². The lowest BCUT2D eigenvalue weighted by Crippen LogP contribution is -2.37. The molecule has 1 aromatic rings. The Morgan fingerprint density at radius 2 is 2.14 bits per heavy atom. The molecule has 4 nitrogen and oxygen atoms in total. The molecule has 2 unspecified atom stereocenters. The fourth-order valence-corrected chi connectivity index (χ4v) is 2.81. The van der Waals surface area contributed by atoms with Gasteiger partial charge in [-0.3, -0.25) is 4.79 Å². The highest BCUT2D eigenvalue weighted by Gasteiger charge is 2.25. The van der Waals surface area contributed by atoms with Gasteiger partial charge >= 0.3 is 0 Å². The van der Waals surface area contributed by atoms with Crippen LogP contribution in [-0.2, 0) is 11.3 Å². The van der Waals surface area contributed by atoms with Crippen LogP contribution in [0.5, 0.6) is 5.75 Å². The third-order valence-corrected chi connectivity index (χ3v) is 3.87. The number of nitrogens with two attached hydrogens (primary N) is 1. The summed E-state index contributed by atoms with van der Waals surface area (Å²) < 4.78 is 5.77.